The van der Waals surface area contributed by atoms with Crippen LogP contribution in [0.1, 0.15) is 34.7 Å². The smallest absolute Gasteiger partial charge is 0.231 e. The Hall–Kier alpha value is -4.24. The number of aromatic nitrogens is 2. The summed E-state index contributed by atoms with van der Waals surface area (Å²) < 4.78 is 24.6. The number of aryl methyl sites for hydroxylation is 1. The molecule has 4 heterocycles. The van der Waals surface area contributed by atoms with Gasteiger partial charge in [-0.3, -0.25) is 4.98 Å². The molecule has 4 aromatic rings. The Labute approximate surface area is 226 Å². The van der Waals surface area contributed by atoms with Crippen molar-refractivity contribution in [1.82, 2.24) is 14.9 Å². The largest absolute Gasteiger partial charge is 0.497 e. The molecule has 0 bridgehead atoms. The van der Waals surface area contributed by atoms with Gasteiger partial charge in [-0.1, -0.05) is 6.07 Å². The molecule has 1 fully saturated rings. The SMILES string of the molecule is COc1ccc(N2C(=S)NC(c3ccccn3)C2c2cc(C)n(-c3ccc4c(c3)OCO4)c2C)c(OC)c1. The predicted octanol–water partition coefficient (Wildman–Crippen LogP) is 5.41. The topological polar surface area (TPSA) is 70.0 Å². The summed E-state index contributed by atoms with van der Waals surface area (Å²) >= 11 is 5.94. The molecule has 1 saturated heterocycles. The minimum absolute atomic E-state index is 0.179. The van der Waals surface area contributed by atoms with Crippen LogP contribution in [0, 0.1) is 13.8 Å². The monoisotopic (exact) mass is 528 g/mol. The van der Waals surface area contributed by atoms with Crippen molar-refractivity contribution in [3.05, 3.63) is 89.5 Å². The fourth-order valence-electron chi connectivity index (χ4n) is 5.42. The van der Waals surface area contributed by atoms with Crippen molar-refractivity contribution in [2.45, 2.75) is 25.9 Å². The second-order valence-corrected chi connectivity index (χ2v) is 9.62. The lowest BCUT2D eigenvalue weighted by atomic mass is 9.96. The second-order valence-electron chi connectivity index (χ2n) is 9.23. The number of thiocarbonyl (C=S) groups is 1. The molecule has 6 rings (SSSR count). The highest BCUT2D eigenvalue weighted by Gasteiger charge is 2.43. The second kappa shape index (κ2) is 9.57. The minimum atomic E-state index is -0.186. The lowest BCUT2D eigenvalue weighted by molar-refractivity contribution is 0.174. The van der Waals surface area contributed by atoms with E-state index in [1.165, 1.54) is 0 Å². The van der Waals surface area contributed by atoms with Crippen LogP contribution in [-0.4, -0.2) is 35.7 Å². The molecule has 0 aliphatic carbocycles. The molecule has 8 nitrogen and oxygen atoms in total. The highest BCUT2D eigenvalue weighted by molar-refractivity contribution is 7.80. The molecular weight excluding hydrogens is 500 g/mol. The lowest BCUT2D eigenvalue weighted by Gasteiger charge is -2.29. The van der Waals surface area contributed by atoms with Gasteiger partial charge in [-0.25, -0.2) is 0 Å². The van der Waals surface area contributed by atoms with E-state index < -0.39 is 0 Å². The molecule has 2 aromatic carbocycles. The number of hydrogen-bond donors (Lipinski definition) is 1. The molecule has 2 unspecified atom stereocenters. The highest BCUT2D eigenvalue weighted by Crippen LogP contribution is 2.47. The third-order valence-corrected chi connectivity index (χ3v) is 7.46. The van der Waals surface area contributed by atoms with Crippen molar-refractivity contribution in [3.63, 3.8) is 0 Å². The number of hydrogen-bond acceptors (Lipinski definition) is 6. The number of benzene rings is 2. The zero-order valence-electron chi connectivity index (χ0n) is 21.6. The molecule has 0 amide bonds. The van der Waals surface area contributed by atoms with Gasteiger partial charge < -0.3 is 33.7 Å². The van der Waals surface area contributed by atoms with E-state index in [1.54, 1.807) is 14.2 Å². The zero-order chi connectivity index (χ0) is 26.4. The molecule has 0 spiro atoms. The van der Waals surface area contributed by atoms with Crippen molar-refractivity contribution in [2.24, 2.45) is 0 Å². The predicted molar refractivity (Wildman–Crippen MR) is 149 cm³/mol. The van der Waals surface area contributed by atoms with E-state index in [4.69, 9.17) is 31.2 Å². The Balaban J connectivity index is 1.51. The van der Waals surface area contributed by atoms with Crippen LogP contribution in [0.2, 0.25) is 0 Å². The molecule has 2 aromatic heterocycles. The molecule has 0 saturated carbocycles. The molecule has 2 aliphatic heterocycles. The van der Waals surface area contributed by atoms with Crippen molar-refractivity contribution < 1.29 is 18.9 Å². The van der Waals surface area contributed by atoms with Crippen LogP contribution in [0.4, 0.5) is 5.69 Å². The maximum absolute atomic E-state index is 5.94. The van der Waals surface area contributed by atoms with Gasteiger partial charge in [-0.2, -0.15) is 0 Å². The third kappa shape index (κ3) is 3.90. The standard InChI is InChI=1S/C29H28N4O4S/c1-17-13-21(18(2)32(17)19-8-11-24-26(14-19)37-16-36-24)28-27(22-7-5-6-12-30-22)31-29(38)33(28)23-10-9-20(34-3)15-25(23)35-4/h5-15,27-28H,16H2,1-4H3,(H,31,38). The number of fused-ring (bicyclic) bond motifs is 1. The molecule has 9 heteroatoms. The van der Waals surface area contributed by atoms with Crippen LogP contribution in [0.3, 0.4) is 0 Å². The molecule has 2 aliphatic rings. The van der Waals surface area contributed by atoms with Crippen molar-refractivity contribution in [3.8, 4) is 28.7 Å². The quantitative estimate of drug-likeness (QED) is 0.333. The summed E-state index contributed by atoms with van der Waals surface area (Å²) in [5.74, 6) is 2.89. The zero-order valence-corrected chi connectivity index (χ0v) is 22.4. The van der Waals surface area contributed by atoms with E-state index in [0.717, 1.165) is 45.5 Å². The number of nitrogens with one attached hydrogen (secondary N) is 1. The molecule has 38 heavy (non-hydrogen) atoms. The first-order chi connectivity index (χ1) is 18.5. The van der Waals surface area contributed by atoms with Crippen LogP contribution in [-0.2, 0) is 0 Å². The van der Waals surface area contributed by atoms with Crippen molar-refractivity contribution in [1.29, 1.82) is 0 Å². The summed E-state index contributed by atoms with van der Waals surface area (Å²) in [5.41, 5.74) is 6.07. The van der Waals surface area contributed by atoms with Crippen LogP contribution in [0.5, 0.6) is 23.0 Å². The van der Waals surface area contributed by atoms with Crippen LogP contribution in [0.25, 0.3) is 5.69 Å². The van der Waals surface area contributed by atoms with Gasteiger partial charge in [-0.05, 0) is 74.1 Å². The van der Waals surface area contributed by atoms with Gasteiger partial charge in [0.1, 0.15) is 11.5 Å². The average Bonchev–Trinajstić information content (AvgIpc) is 3.63. The van der Waals surface area contributed by atoms with Crippen molar-refractivity contribution >= 4 is 23.0 Å². The summed E-state index contributed by atoms with van der Waals surface area (Å²) in [6.07, 6.45) is 1.81. The van der Waals surface area contributed by atoms with Crippen LogP contribution < -0.4 is 29.2 Å². The van der Waals surface area contributed by atoms with Gasteiger partial charge >= 0.3 is 0 Å². The van der Waals surface area contributed by atoms with E-state index in [9.17, 15) is 0 Å². The first-order valence-electron chi connectivity index (χ1n) is 12.3. The van der Waals surface area contributed by atoms with Gasteiger partial charge in [0, 0.05) is 35.4 Å². The first-order valence-corrected chi connectivity index (χ1v) is 12.7. The van der Waals surface area contributed by atoms with Gasteiger partial charge in [-0.15, -0.1) is 0 Å². The van der Waals surface area contributed by atoms with Gasteiger partial charge in [0.05, 0.1) is 37.7 Å². The Morgan fingerprint density at radius 2 is 1.82 bits per heavy atom. The highest BCUT2D eigenvalue weighted by atomic mass is 32.1. The fraction of sp³-hybridized carbons (Fsp3) is 0.241. The van der Waals surface area contributed by atoms with Crippen molar-refractivity contribution in [2.75, 3.05) is 25.9 Å². The van der Waals surface area contributed by atoms with Crippen LogP contribution in [0.15, 0.2) is 66.9 Å². The average molecular weight is 529 g/mol. The van der Waals surface area contributed by atoms with Gasteiger partial charge in [0.15, 0.2) is 16.6 Å². The number of pyridine rings is 1. The first kappa shape index (κ1) is 24.1. The lowest BCUT2D eigenvalue weighted by Crippen LogP contribution is -2.30. The normalized spacial score (nSPS) is 18.0. The number of nitrogens with zero attached hydrogens (tertiary/aromatic N) is 3. The maximum Gasteiger partial charge on any atom is 0.231 e. The van der Waals surface area contributed by atoms with E-state index >= 15 is 0 Å². The molecule has 2 atom stereocenters. The number of rotatable bonds is 6. The Kier molecular flexibility index (Phi) is 6.07. The summed E-state index contributed by atoms with van der Waals surface area (Å²) in [6, 6.07) is 19.6. The van der Waals surface area contributed by atoms with Gasteiger partial charge in [0.25, 0.3) is 0 Å². The third-order valence-electron chi connectivity index (χ3n) is 7.15. The fourth-order valence-corrected chi connectivity index (χ4v) is 5.76. The van der Waals surface area contributed by atoms with E-state index in [0.29, 0.717) is 16.6 Å². The molecular formula is C29H28N4O4S. The summed E-state index contributed by atoms with van der Waals surface area (Å²) in [6.45, 7) is 4.48. The number of ether oxygens (including phenoxy) is 4. The summed E-state index contributed by atoms with van der Waals surface area (Å²) in [4.78, 5) is 6.81. The van der Waals surface area contributed by atoms with E-state index in [-0.39, 0.29) is 18.9 Å². The summed E-state index contributed by atoms with van der Waals surface area (Å²) in [5, 5.41) is 4.14. The van der Waals surface area contributed by atoms with E-state index in [2.05, 4.69) is 45.7 Å². The number of anilines is 1. The van der Waals surface area contributed by atoms with E-state index in [1.807, 2.05) is 54.7 Å². The maximum atomic E-state index is 5.94. The molecule has 1 N–H and O–H groups in total. The molecule has 0 radical (unpaired) electrons. The minimum Gasteiger partial charge on any atom is -0.497 e. The Bertz CT molecular complexity index is 1520. The van der Waals surface area contributed by atoms with Crippen LogP contribution >= 0.6 is 12.2 Å². The number of methoxy groups -OCH3 is 2. The van der Waals surface area contributed by atoms with Gasteiger partial charge in [0.2, 0.25) is 6.79 Å². The summed E-state index contributed by atoms with van der Waals surface area (Å²) in [7, 11) is 3.29. The Morgan fingerprint density at radius 1 is 0.974 bits per heavy atom. The molecule has 194 valence electrons. The Morgan fingerprint density at radius 3 is 2.58 bits per heavy atom.